The summed E-state index contributed by atoms with van der Waals surface area (Å²) in [6.45, 7) is 12.7. The lowest BCUT2D eigenvalue weighted by molar-refractivity contribution is -0.400. The van der Waals surface area contributed by atoms with Gasteiger partial charge in [0.25, 0.3) is 0 Å². The van der Waals surface area contributed by atoms with Crippen molar-refractivity contribution in [2.24, 2.45) is 5.92 Å². The molecule has 3 nitrogen and oxygen atoms in total. The van der Waals surface area contributed by atoms with Crippen LogP contribution in [-0.2, 0) is 9.31 Å². The van der Waals surface area contributed by atoms with Crippen molar-refractivity contribution < 1.29 is 15.0 Å². The summed E-state index contributed by atoms with van der Waals surface area (Å²) in [5.41, 5.74) is 3.68. The maximum atomic E-state index is 5.94. The van der Waals surface area contributed by atoms with Gasteiger partial charge in [-0.15, -0.1) is 0 Å². The first-order valence-corrected chi connectivity index (χ1v) is 5.84. The molecule has 1 rings (SSSR count). The summed E-state index contributed by atoms with van der Waals surface area (Å²) in [5, 5.41) is 0. The van der Waals surface area contributed by atoms with Gasteiger partial charge < -0.3 is 15.0 Å². The Hall–Kier alpha value is -0.0551. The largest absolute Gasteiger partial charge is 0.521 e. The number of hydrogen-bond donors (Lipinski definition) is 1. The average molecular weight is 214 g/mol. The lowest BCUT2D eigenvalue weighted by Gasteiger charge is -2.32. The van der Waals surface area contributed by atoms with Crippen molar-refractivity contribution in [3.8, 4) is 0 Å². The summed E-state index contributed by atoms with van der Waals surface area (Å²) >= 11 is 0. The lowest BCUT2D eigenvalue weighted by atomic mass is 9.75. The van der Waals surface area contributed by atoms with Gasteiger partial charge in [-0.25, -0.2) is 0 Å². The molecule has 0 bridgehead atoms. The highest BCUT2D eigenvalue weighted by Gasteiger charge is 2.54. The Bertz CT molecular complexity index is 213. The molecule has 0 aromatic rings. The van der Waals surface area contributed by atoms with Crippen LogP contribution in [0.2, 0.25) is 0 Å². The fraction of sp³-hybridized carbons (Fsp3) is 1.00. The highest BCUT2D eigenvalue weighted by Crippen LogP contribution is 2.37. The Kier molecular flexibility index (Phi) is 3.54. The van der Waals surface area contributed by atoms with E-state index in [0.717, 1.165) is 6.42 Å². The van der Waals surface area contributed by atoms with Crippen molar-refractivity contribution in [1.82, 2.24) is 0 Å². The van der Waals surface area contributed by atoms with Gasteiger partial charge in [-0.3, -0.25) is 0 Å². The van der Waals surface area contributed by atoms with E-state index in [0.29, 0.717) is 5.92 Å². The minimum absolute atomic E-state index is 0.155. The molecule has 0 aliphatic carbocycles. The maximum absolute atomic E-state index is 5.94. The van der Waals surface area contributed by atoms with E-state index in [-0.39, 0.29) is 24.3 Å². The Morgan fingerprint density at radius 2 is 1.47 bits per heavy atom. The van der Waals surface area contributed by atoms with Crippen LogP contribution in [0.15, 0.2) is 0 Å². The van der Waals surface area contributed by atoms with E-state index in [9.17, 15) is 0 Å². The van der Waals surface area contributed by atoms with Gasteiger partial charge in [0.1, 0.15) is 5.94 Å². The van der Waals surface area contributed by atoms with Crippen molar-refractivity contribution in [2.75, 3.05) is 0 Å². The highest BCUT2D eigenvalue weighted by atomic mass is 16.7. The second-order valence-corrected chi connectivity index (χ2v) is 6.01. The molecule has 1 fully saturated rings. The predicted octanol–water partition coefficient (Wildman–Crippen LogP) is 1.27. The normalized spacial score (nSPS) is 26.0. The van der Waals surface area contributed by atoms with Crippen LogP contribution in [0.3, 0.4) is 0 Å². The summed E-state index contributed by atoms with van der Waals surface area (Å²) in [6, 6.07) is 0. The molecule has 1 saturated heterocycles. The molecule has 0 radical (unpaired) electrons. The molecule has 0 aromatic heterocycles. The molecule has 0 unspecified atom stereocenters. The Morgan fingerprint density at radius 3 is 1.80 bits per heavy atom. The van der Waals surface area contributed by atoms with Crippen LogP contribution in [0.4, 0.5) is 0 Å². The topological polar surface area (TPSA) is 46.1 Å². The molecule has 3 N–H and O–H groups in total. The minimum atomic E-state index is -0.232. The van der Waals surface area contributed by atoms with Crippen LogP contribution in [0.1, 0.15) is 48.0 Å². The Balaban J connectivity index is 2.62. The molecule has 0 saturated carbocycles. The third-order valence-electron chi connectivity index (χ3n) is 3.43. The predicted molar refractivity (Wildman–Crippen MR) is 62.2 cm³/mol. The summed E-state index contributed by atoms with van der Waals surface area (Å²) in [4.78, 5) is 0. The van der Waals surface area contributed by atoms with E-state index in [4.69, 9.17) is 9.31 Å². The van der Waals surface area contributed by atoms with Crippen molar-refractivity contribution in [3.05, 3.63) is 0 Å². The zero-order valence-corrected chi connectivity index (χ0v) is 11.0. The first-order valence-electron chi connectivity index (χ1n) is 5.84. The van der Waals surface area contributed by atoms with E-state index in [2.05, 4.69) is 47.3 Å². The third kappa shape index (κ3) is 2.74. The van der Waals surface area contributed by atoms with Gasteiger partial charge in [0, 0.05) is 0 Å². The molecular formula is C11H25BNO2+. The van der Waals surface area contributed by atoms with Crippen molar-refractivity contribution >= 4 is 7.12 Å². The van der Waals surface area contributed by atoms with Gasteiger partial charge in [0.2, 0.25) is 0 Å². The minimum Gasteiger partial charge on any atom is -0.399 e. The molecule has 15 heavy (non-hydrogen) atoms. The summed E-state index contributed by atoms with van der Waals surface area (Å²) in [7, 11) is -0.155. The molecule has 1 atom stereocenters. The molecule has 0 spiro atoms. The first kappa shape index (κ1) is 13.0. The van der Waals surface area contributed by atoms with Crippen molar-refractivity contribution in [2.45, 2.75) is 65.1 Å². The van der Waals surface area contributed by atoms with Crippen LogP contribution >= 0.6 is 0 Å². The van der Waals surface area contributed by atoms with Crippen molar-refractivity contribution in [3.63, 3.8) is 0 Å². The summed E-state index contributed by atoms with van der Waals surface area (Å²) < 4.78 is 11.9. The van der Waals surface area contributed by atoms with Crippen LogP contribution < -0.4 is 5.73 Å². The monoisotopic (exact) mass is 214 g/mol. The molecule has 0 amide bonds. The van der Waals surface area contributed by atoms with Gasteiger partial charge in [-0.1, -0.05) is 13.8 Å². The van der Waals surface area contributed by atoms with Gasteiger partial charge in [-0.2, -0.15) is 0 Å². The highest BCUT2D eigenvalue weighted by molar-refractivity contribution is 6.46. The van der Waals surface area contributed by atoms with E-state index < -0.39 is 0 Å². The standard InChI is InChI=1S/C11H24BNO2/c1-8(2)7-9(13)12-14-10(3,4)11(5,6)15-12/h8-9H,7,13H2,1-6H3/p+1/t9-/m0/s1. The Morgan fingerprint density at radius 1 is 1.07 bits per heavy atom. The molecule has 88 valence electrons. The SMILES string of the molecule is CC(C)C[C@H]([NH3+])B1OC(C)(C)C(C)(C)O1. The number of rotatable bonds is 3. The van der Waals surface area contributed by atoms with Gasteiger partial charge in [0.05, 0.1) is 11.2 Å². The number of hydrogen-bond acceptors (Lipinski definition) is 2. The molecule has 1 heterocycles. The van der Waals surface area contributed by atoms with Crippen molar-refractivity contribution in [1.29, 1.82) is 0 Å². The van der Waals surface area contributed by atoms with Crippen LogP contribution in [-0.4, -0.2) is 24.3 Å². The van der Waals surface area contributed by atoms with Gasteiger partial charge >= 0.3 is 7.12 Å². The molecule has 0 aromatic carbocycles. The third-order valence-corrected chi connectivity index (χ3v) is 3.43. The fourth-order valence-corrected chi connectivity index (χ4v) is 1.80. The summed E-state index contributed by atoms with van der Waals surface area (Å²) in [5.74, 6) is 0.845. The van der Waals surface area contributed by atoms with E-state index in [1.807, 2.05) is 0 Å². The van der Waals surface area contributed by atoms with Crippen LogP contribution in [0, 0.1) is 5.92 Å². The van der Waals surface area contributed by atoms with Gasteiger partial charge in [0.15, 0.2) is 0 Å². The lowest BCUT2D eigenvalue weighted by Crippen LogP contribution is -2.69. The van der Waals surface area contributed by atoms with E-state index in [1.54, 1.807) is 0 Å². The average Bonchev–Trinajstić information content (AvgIpc) is 2.20. The smallest absolute Gasteiger partial charge is 0.399 e. The molecular weight excluding hydrogens is 189 g/mol. The van der Waals surface area contributed by atoms with E-state index in [1.165, 1.54) is 0 Å². The zero-order valence-electron chi connectivity index (χ0n) is 11.0. The first-order chi connectivity index (χ1) is 6.66. The van der Waals surface area contributed by atoms with E-state index >= 15 is 0 Å². The number of quaternary nitrogens is 1. The molecule has 1 aliphatic heterocycles. The van der Waals surface area contributed by atoms with Gasteiger partial charge in [-0.05, 0) is 40.0 Å². The van der Waals surface area contributed by atoms with Crippen LogP contribution in [0.5, 0.6) is 0 Å². The maximum Gasteiger partial charge on any atom is 0.521 e. The zero-order chi connectivity index (χ0) is 11.9. The molecule has 1 aliphatic rings. The summed E-state index contributed by atoms with van der Waals surface area (Å²) in [6.07, 6.45) is 1.04. The molecule has 4 heteroatoms. The second-order valence-electron chi connectivity index (χ2n) is 6.01. The van der Waals surface area contributed by atoms with Crippen LogP contribution in [0.25, 0.3) is 0 Å². The quantitative estimate of drug-likeness (QED) is 0.719. The second kappa shape index (κ2) is 4.08. The Labute approximate surface area is 93.8 Å². The fourth-order valence-electron chi connectivity index (χ4n) is 1.80.